The number of hydrogen-bond acceptors (Lipinski definition) is 8. The van der Waals surface area contributed by atoms with Gasteiger partial charge in [-0.05, 0) is 24.3 Å². The minimum Gasteiger partial charge on any atom is -0.481 e. The van der Waals surface area contributed by atoms with Crippen LogP contribution in [0, 0.1) is 5.92 Å². The van der Waals surface area contributed by atoms with Crippen LogP contribution in [0.2, 0.25) is 0 Å². The van der Waals surface area contributed by atoms with E-state index in [4.69, 9.17) is 15.9 Å². The van der Waals surface area contributed by atoms with E-state index in [9.17, 15) is 28.8 Å². The first-order chi connectivity index (χ1) is 18.3. The van der Waals surface area contributed by atoms with E-state index in [-0.39, 0.29) is 30.9 Å². The number of rotatable bonds is 17. The largest absolute Gasteiger partial charge is 0.481 e. The minimum absolute atomic E-state index is 0.0132. The Balaban J connectivity index is 3.20. The van der Waals surface area contributed by atoms with Gasteiger partial charge in [0.1, 0.15) is 24.7 Å². The maximum atomic E-state index is 13.3. The van der Waals surface area contributed by atoms with Gasteiger partial charge in [0, 0.05) is 18.6 Å². The summed E-state index contributed by atoms with van der Waals surface area (Å²) in [6, 6.07) is 4.05. The Hall–Kier alpha value is -3.65. The van der Waals surface area contributed by atoms with Crippen molar-refractivity contribution in [1.82, 2.24) is 21.3 Å². The van der Waals surface area contributed by atoms with Gasteiger partial charge in [-0.1, -0.05) is 44.2 Å². The molecule has 1 aromatic carbocycles. The maximum absolute atomic E-state index is 13.3. The van der Waals surface area contributed by atoms with Crippen LogP contribution < -0.4 is 27.0 Å². The number of nitrogens with two attached hydrogens (primary N) is 1. The zero-order valence-corrected chi connectivity index (χ0v) is 22.8. The molecule has 0 bridgehead atoms. The Kier molecular flexibility index (Phi) is 14.6. The molecule has 0 aromatic heterocycles. The van der Waals surface area contributed by atoms with Gasteiger partial charge in [0.2, 0.25) is 23.6 Å². The van der Waals surface area contributed by atoms with E-state index in [0.717, 1.165) is 0 Å². The summed E-state index contributed by atoms with van der Waals surface area (Å²) in [6.07, 6.45) is -0.495. The molecule has 1 rings (SSSR count). The standard InChI is InChI=1S/C25H37N5O8S/c1-14(2)10-18(23(36)27-12-21(33)34)29-25(38)19(11-15-6-4-3-5-7-15)30-24(37)17(8-9-20(31)32)28-22(35)16(26)13-39/h3-7,14,16-19,39H,8-13,26H2,1-2H3,(H,27,36)(H,28,35)(H,29,38)(H,30,37)(H,31,32)(H,33,34)/t16-,17-,18-,19-/m0/s1. The van der Waals surface area contributed by atoms with Gasteiger partial charge in [-0.15, -0.1) is 0 Å². The number of nitrogens with one attached hydrogen (secondary N) is 4. The molecule has 39 heavy (non-hydrogen) atoms. The van der Waals surface area contributed by atoms with Crippen molar-refractivity contribution in [3.63, 3.8) is 0 Å². The van der Waals surface area contributed by atoms with E-state index in [1.807, 2.05) is 13.8 Å². The number of thiol groups is 1. The fourth-order valence-corrected chi connectivity index (χ4v) is 3.66. The molecule has 8 N–H and O–H groups in total. The molecule has 216 valence electrons. The molecule has 0 spiro atoms. The van der Waals surface area contributed by atoms with Gasteiger partial charge in [0.15, 0.2) is 0 Å². The molecule has 0 radical (unpaired) electrons. The first-order valence-corrected chi connectivity index (χ1v) is 13.0. The van der Waals surface area contributed by atoms with Crippen LogP contribution in [0.3, 0.4) is 0 Å². The second-order valence-corrected chi connectivity index (χ2v) is 9.70. The molecule has 4 amide bonds. The van der Waals surface area contributed by atoms with Crippen LogP contribution in [-0.4, -0.2) is 82.2 Å². The maximum Gasteiger partial charge on any atom is 0.322 e. The number of amides is 4. The summed E-state index contributed by atoms with van der Waals surface area (Å²) < 4.78 is 0. The number of carboxylic acids is 2. The van der Waals surface area contributed by atoms with Crippen molar-refractivity contribution in [3.05, 3.63) is 35.9 Å². The van der Waals surface area contributed by atoms with Crippen LogP contribution in [0.5, 0.6) is 0 Å². The molecular formula is C25H37N5O8S. The van der Waals surface area contributed by atoms with Crippen molar-refractivity contribution in [1.29, 1.82) is 0 Å². The Morgan fingerprint density at radius 1 is 0.821 bits per heavy atom. The molecule has 0 aliphatic heterocycles. The molecular weight excluding hydrogens is 530 g/mol. The molecule has 1 aromatic rings. The van der Waals surface area contributed by atoms with Gasteiger partial charge in [-0.3, -0.25) is 28.8 Å². The molecule has 0 saturated heterocycles. The molecule has 0 heterocycles. The third-order valence-corrected chi connectivity index (χ3v) is 5.88. The van der Waals surface area contributed by atoms with E-state index in [0.29, 0.717) is 5.56 Å². The SMILES string of the molecule is CC(C)C[C@H](NC(=O)[C@H](Cc1ccccc1)NC(=O)[C@H](CCC(=O)O)NC(=O)[C@@H](N)CS)C(=O)NCC(=O)O. The summed E-state index contributed by atoms with van der Waals surface area (Å²) >= 11 is 3.95. The van der Waals surface area contributed by atoms with Crippen LogP contribution in [0.1, 0.15) is 38.7 Å². The van der Waals surface area contributed by atoms with Gasteiger partial charge in [-0.25, -0.2) is 0 Å². The summed E-state index contributed by atoms with van der Waals surface area (Å²) in [6.45, 7) is 3.00. The van der Waals surface area contributed by atoms with Gasteiger partial charge in [0.25, 0.3) is 0 Å². The first-order valence-electron chi connectivity index (χ1n) is 12.4. The molecule has 0 aliphatic carbocycles. The highest BCUT2D eigenvalue weighted by Crippen LogP contribution is 2.09. The number of carbonyl (C=O) groups is 6. The average Bonchev–Trinajstić information content (AvgIpc) is 2.88. The highest BCUT2D eigenvalue weighted by atomic mass is 32.1. The highest BCUT2D eigenvalue weighted by molar-refractivity contribution is 7.80. The second kappa shape index (κ2) is 17.0. The number of carboxylic acid groups (broad SMARTS) is 2. The molecule has 14 heteroatoms. The predicted octanol–water partition coefficient (Wildman–Crippen LogP) is -0.948. The number of aliphatic carboxylic acids is 2. The lowest BCUT2D eigenvalue weighted by molar-refractivity contribution is -0.139. The van der Waals surface area contributed by atoms with Crippen molar-refractivity contribution < 1.29 is 39.0 Å². The van der Waals surface area contributed by atoms with E-state index in [2.05, 4.69) is 33.9 Å². The van der Waals surface area contributed by atoms with Crippen LogP contribution in [0.4, 0.5) is 0 Å². The zero-order valence-electron chi connectivity index (χ0n) is 21.9. The van der Waals surface area contributed by atoms with Gasteiger partial charge >= 0.3 is 11.9 Å². The van der Waals surface area contributed by atoms with Gasteiger partial charge in [-0.2, -0.15) is 12.6 Å². The van der Waals surface area contributed by atoms with Crippen LogP contribution in [0.15, 0.2) is 30.3 Å². The molecule has 4 atom stereocenters. The van der Waals surface area contributed by atoms with Crippen molar-refractivity contribution in [2.45, 2.75) is 63.7 Å². The molecule has 0 fully saturated rings. The van der Waals surface area contributed by atoms with E-state index < -0.39 is 72.7 Å². The lowest BCUT2D eigenvalue weighted by Crippen LogP contribution is -2.58. The lowest BCUT2D eigenvalue weighted by atomic mass is 10.0. The molecule has 0 aliphatic rings. The fourth-order valence-electron chi connectivity index (χ4n) is 3.49. The second-order valence-electron chi connectivity index (χ2n) is 9.34. The smallest absolute Gasteiger partial charge is 0.322 e. The molecule has 0 saturated carbocycles. The van der Waals surface area contributed by atoms with Crippen molar-refractivity contribution >= 4 is 48.2 Å². The lowest BCUT2D eigenvalue weighted by Gasteiger charge is -2.26. The monoisotopic (exact) mass is 567 g/mol. The summed E-state index contributed by atoms with van der Waals surface area (Å²) in [5.41, 5.74) is 6.34. The van der Waals surface area contributed by atoms with Crippen molar-refractivity contribution in [2.24, 2.45) is 11.7 Å². The third-order valence-electron chi connectivity index (χ3n) is 5.48. The van der Waals surface area contributed by atoms with Gasteiger partial charge < -0.3 is 37.2 Å². The molecule has 13 nitrogen and oxygen atoms in total. The van der Waals surface area contributed by atoms with Crippen LogP contribution >= 0.6 is 12.6 Å². The normalized spacial score (nSPS) is 13.9. The summed E-state index contributed by atoms with van der Waals surface area (Å²) in [5, 5.41) is 27.7. The number of benzene rings is 1. The summed E-state index contributed by atoms with van der Waals surface area (Å²) in [5.74, 6) is -5.45. The summed E-state index contributed by atoms with van der Waals surface area (Å²) in [7, 11) is 0. The third kappa shape index (κ3) is 13.1. The van der Waals surface area contributed by atoms with Crippen molar-refractivity contribution in [2.75, 3.05) is 12.3 Å². The van der Waals surface area contributed by atoms with E-state index in [1.54, 1.807) is 30.3 Å². The fraction of sp³-hybridized carbons (Fsp3) is 0.520. The predicted molar refractivity (Wildman–Crippen MR) is 145 cm³/mol. The number of carbonyl (C=O) groups excluding carboxylic acids is 4. The summed E-state index contributed by atoms with van der Waals surface area (Å²) in [4.78, 5) is 73.4. The quantitative estimate of drug-likeness (QED) is 0.109. The van der Waals surface area contributed by atoms with Gasteiger partial charge in [0.05, 0.1) is 6.04 Å². The highest BCUT2D eigenvalue weighted by Gasteiger charge is 2.31. The van der Waals surface area contributed by atoms with Crippen LogP contribution in [-0.2, 0) is 35.2 Å². The molecule has 0 unspecified atom stereocenters. The number of hydrogen-bond donors (Lipinski definition) is 8. The minimum atomic E-state index is -1.31. The first kappa shape index (κ1) is 33.4. The van der Waals surface area contributed by atoms with E-state index in [1.165, 1.54) is 0 Å². The Morgan fingerprint density at radius 3 is 1.92 bits per heavy atom. The van der Waals surface area contributed by atoms with Crippen LogP contribution in [0.25, 0.3) is 0 Å². The van der Waals surface area contributed by atoms with E-state index >= 15 is 0 Å². The average molecular weight is 568 g/mol. The van der Waals surface area contributed by atoms with Crippen molar-refractivity contribution in [3.8, 4) is 0 Å². The Labute approximate surface area is 232 Å². The zero-order chi connectivity index (χ0) is 29.5. The Bertz CT molecular complexity index is 1010. The topological polar surface area (TPSA) is 217 Å². The Morgan fingerprint density at radius 2 is 1.38 bits per heavy atom.